The van der Waals surface area contributed by atoms with Crippen LogP contribution in [0.15, 0.2) is 48.5 Å². The van der Waals surface area contributed by atoms with Gasteiger partial charge in [-0.25, -0.2) is 0 Å². The second-order valence-corrected chi connectivity index (χ2v) is 3.66. The van der Waals surface area contributed by atoms with Gasteiger partial charge in [-0.05, 0) is 42.7 Å². The summed E-state index contributed by atoms with van der Waals surface area (Å²) in [6.07, 6.45) is 0. The van der Waals surface area contributed by atoms with E-state index in [0.29, 0.717) is 6.61 Å². The molecule has 0 aliphatic heterocycles. The normalized spacial score (nSPS) is 10.1. The van der Waals surface area contributed by atoms with Gasteiger partial charge in [-0.3, -0.25) is 0 Å². The summed E-state index contributed by atoms with van der Waals surface area (Å²) in [6, 6.07) is 16.3. The third-order valence-electron chi connectivity index (χ3n) is 2.43. The molecule has 1 nitrogen and oxygen atoms in total. The molecule has 0 aliphatic rings. The summed E-state index contributed by atoms with van der Waals surface area (Å²) in [5.74, 6) is 0.915. The van der Waals surface area contributed by atoms with Crippen LogP contribution in [-0.2, 0) is 0 Å². The van der Waals surface area contributed by atoms with E-state index in [2.05, 4.69) is 31.2 Å². The molecule has 0 heterocycles. The highest BCUT2D eigenvalue weighted by Gasteiger charge is 1.99. The van der Waals surface area contributed by atoms with Crippen molar-refractivity contribution in [3.8, 4) is 16.9 Å². The van der Waals surface area contributed by atoms with Crippen molar-refractivity contribution in [3.05, 3.63) is 61.0 Å². The lowest BCUT2D eigenvalue weighted by atomic mass is 10.0. The molecule has 1 radical (unpaired) electrons. The van der Waals surface area contributed by atoms with Crippen LogP contribution in [0, 0.1) is 6.92 Å². The van der Waals surface area contributed by atoms with Gasteiger partial charge in [0.2, 0.25) is 0 Å². The second-order valence-electron chi connectivity index (χ2n) is 3.66. The molecule has 1 heteroatoms. The summed E-state index contributed by atoms with van der Waals surface area (Å²) in [5, 5.41) is 0. The van der Waals surface area contributed by atoms with Gasteiger partial charge in [-0.2, -0.15) is 0 Å². The molecule has 16 heavy (non-hydrogen) atoms. The van der Waals surface area contributed by atoms with Crippen LogP contribution in [0.5, 0.6) is 5.75 Å². The van der Waals surface area contributed by atoms with E-state index < -0.39 is 0 Å². The van der Waals surface area contributed by atoms with E-state index >= 15 is 0 Å². The van der Waals surface area contributed by atoms with Crippen LogP contribution in [0.3, 0.4) is 0 Å². The Kier molecular flexibility index (Phi) is 3.25. The highest BCUT2D eigenvalue weighted by molar-refractivity contribution is 5.65. The number of ether oxygens (including phenoxy) is 1. The minimum absolute atomic E-state index is 0.696. The molecule has 0 atom stereocenters. The molecule has 2 aromatic rings. The molecule has 0 N–H and O–H groups in total. The van der Waals surface area contributed by atoms with Crippen molar-refractivity contribution in [2.75, 3.05) is 6.61 Å². The number of benzene rings is 2. The van der Waals surface area contributed by atoms with Crippen LogP contribution < -0.4 is 4.74 Å². The van der Waals surface area contributed by atoms with E-state index in [1.165, 1.54) is 11.1 Å². The maximum atomic E-state index is 5.48. The minimum Gasteiger partial charge on any atom is -0.494 e. The van der Waals surface area contributed by atoms with Crippen molar-refractivity contribution in [1.29, 1.82) is 0 Å². The zero-order valence-corrected chi connectivity index (χ0v) is 9.44. The molecule has 0 amide bonds. The van der Waals surface area contributed by atoms with Gasteiger partial charge in [0.05, 0.1) is 6.61 Å². The number of rotatable bonds is 3. The Labute approximate surface area is 96.7 Å². The number of hydrogen-bond acceptors (Lipinski definition) is 1. The first kappa shape index (κ1) is 10.7. The molecule has 0 saturated carbocycles. The molecular weight excluding hydrogens is 196 g/mol. The predicted octanol–water partition coefficient (Wildman–Crippen LogP) is 3.93. The first-order valence-electron chi connectivity index (χ1n) is 5.45. The monoisotopic (exact) mass is 211 g/mol. The van der Waals surface area contributed by atoms with E-state index in [4.69, 9.17) is 4.74 Å². The summed E-state index contributed by atoms with van der Waals surface area (Å²) < 4.78 is 5.48. The Balaban J connectivity index is 2.32. The summed E-state index contributed by atoms with van der Waals surface area (Å²) in [4.78, 5) is 0. The van der Waals surface area contributed by atoms with Gasteiger partial charge in [0.25, 0.3) is 0 Å². The molecular formula is C15H15O. The largest absolute Gasteiger partial charge is 0.494 e. The molecule has 0 unspecified atom stereocenters. The molecule has 0 aromatic heterocycles. The lowest BCUT2D eigenvalue weighted by Gasteiger charge is -2.06. The van der Waals surface area contributed by atoms with Gasteiger partial charge in [0.15, 0.2) is 0 Å². The molecule has 0 saturated heterocycles. The van der Waals surface area contributed by atoms with E-state index in [9.17, 15) is 0 Å². The van der Waals surface area contributed by atoms with Crippen LogP contribution in [0.25, 0.3) is 11.1 Å². The van der Waals surface area contributed by atoms with Crippen LogP contribution in [0.2, 0.25) is 0 Å². The van der Waals surface area contributed by atoms with E-state index in [-0.39, 0.29) is 0 Å². The van der Waals surface area contributed by atoms with Crippen molar-refractivity contribution < 1.29 is 4.74 Å². The van der Waals surface area contributed by atoms with Gasteiger partial charge in [0, 0.05) is 0 Å². The molecule has 0 bridgehead atoms. The second kappa shape index (κ2) is 4.84. The minimum atomic E-state index is 0.696. The Hall–Kier alpha value is -1.76. The van der Waals surface area contributed by atoms with Crippen molar-refractivity contribution in [2.24, 2.45) is 0 Å². The van der Waals surface area contributed by atoms with Crippen LogP contribution in [0.4, 0.5) is 0 Å². The molecule has 0 fully saturated rings. The fourth-order valence-corrected chi connectivity index (χ4v) is 1.63. The Bertz CT molecular complexity index is 457. The zero-order chi connectivity index (χ0) is 11.4. The third-order valence-corrected chi connectivity index (χ3v) is 2.43. The van der Waals surface area contributed by atoms with Gasteiger partial charge in [0.1, 0.15) is 5.75 Å². The summed E-state index contributed by atoms with van der Waals surface area (Å²) in [7, 11) is 0. The standard InChI is InChI=1S/C15H15O/c1-3-16-15-6-4-5-14(11-15)13-9-7-12(2)8-10-13/h4-11H,2-3H2,1H3. The highest BCUT2D eigenvalue weighted by Crippen LogP contribution is 2.24. The quantitative estimate of drug-likeness (QED) is 0.747. The molecule has 2 aromatic carbocycles. The molecule has 2 rings (SSSR count). The topological polar surface area (TPSA) is 9.23 Å². The van der Waals surface area contributed by atoms with Crippen LogP contribution in [0.1, 0.15) is 12.5 Å². The fraction of sp³-hybridized carbons (Fsp3) is 0.133. The first-order chi connectivity index (χ1) is 7.79. The SMILES string of the molecule is [CH2]c1ccc(-c2cccc(OCC)c2)cc1. The molecule has 0 aliphatic carbocycles. The Morgan fingerprint density at radius 3 is 2.44 bits per heavy atom. The fourth-order valence-electron chi connectivity index (χ4n) is 1.63. The van der Waals surface area contributed by atoms with Gasteiger partial charge in [-0.15, -0.1) is 0 Å². The van der Waals surface area contributed by atoms with Gasteiger partial charge in [-0.1, -0.05) is 36.4 Å². The molecule has 0 spiro atoms. The van der Waals surface area contributed by atoms with E-state index in [0.717, 1.165) is 11.3 Å². The van der Waals surface area contributed by atoms with Crippen molar-refractivity contribution in [2.45, 2.75) is 6.92 Å². The lowest BCUT2D eigenvalue weighted by molar-refractivity contribution is 0.340. The van der Waals surface area contributed by atoms with Crippen molar-refractivity contribution >= 4 is 0 Å². The lowest BCUT2D eigenvalue weighted by Crippen LogP contribution is -1.91. The Morgan fingerprint density at radius 2 is 1.75 bits per heavy atom. The average Bonchev–Trinajstić information content (AvgIpc) is 2.31. The third kappa shape index (κ3) is 2.43. The van der Waals surface area contributed by atoms with Crippen LogP contribution in [-0.4, -0.2) is 6.61 Å². The zero-order valence-electron chi connectivity index (χ0n) is 9.44. The van der Waals surface area contributed by atoms with E-state index in [1.54, 1.807) is 0 Å². The van der Waals surface area contributed by atoms with Crippen LogP contribution >= 0.6 is 0 Å². The summed E-state index contributed by atoms with van der Waals surface area (Å²) >= 11 is 0. The van der Waals surface area contributed by atoms with Crippen molar-refractivity contribution in [1.82, 2.24) is 0 Å². The summed E-state index contributed by atoms with van der Waals surface area (Å²) in [5.41, 5.74) is 3.39. The first-order valence-corrected chi connectivity index (χ1v) is 5.45. The van der Waals surface area contributed by atoms with Crippen molar-refractivity contribution in [3.63, 3.8) is 0 Å². The smallest absolute Gasteiger partial charge is 0.119 e. The molecule has 81 valence electrons. The average molecular weight is 211 g/mol. The van der Waals surface area contributed by atoms with E-state index in [1.807, 2.05) is 31.2 Å². The van der Waals surface area contributed by atoms with Gasteiger partial charge >= 0.3 is 0 Å². The predicted molar refractivity (Wildman–Crippen MR) is 67.5 cm³/mol. The summed E-state index contributed by atoms with van der Waals surface area (Å²) in [6.45, 7) is 6.56. The maximum absolute atomic E-state index is 5.48. The highest BCUT2D eigenvalue weighted by atomic mass is 16.5. The maximum Gasteiger partial charge on any atom is 0.119 e. The number of hydrogen-bond donors (Lipinski definition) is 0. The van der Waals surface area contributed by atoms with Gasteiger partial charge < -0.3 is 4.74 Å². The Morgan fingerprint density at radius 1 is 1.00 bits per heavy atom.